The lowest BCUT2D eigenvalue weighted by Crippen LogP contribution is -2.38. The van der Waals surface area contributed by atoms with Gasteiger partial charge in [-0.2, -0.15) is 0 Å². The smallest absolute Gasteiger partial charge is 0.410 e. The van der Waals surface area contributed by atoms with Crippen LogP contribution in [0.1, 0.15) is 12.0 Å². The molecule has 1 amide bonds. The van der Waals surface area contributed by atoms with Crippen LogP contribution in [-0.4, -0.2) is 49.1 Å². The summed E-state index contributed by atoms with van der Waals surface area (Å²) in [5.41, 5.74) is 1.02. The van der Waals surface area contributed by atoms with Crippen molar-refractivity contribution in [3.63, 3.8) is 0 Å². The number of amides is 1. The fraction of sp³-hybridized carbons (Fsp3) is 0.500. The molecule has 18 heavy (non-hydrogen) atoms. The summed E-state index contributed by atoms with van der Waals surface area (Å²) in [6.45, 7) is 2.31. The van der Waals surface area contributed by atoms with Crippen LogP contribution in [0.4, 0.5) is 4.79 Å². The van der Waals surface area contributed by atoms with Crippen LogP contribution in [0, 0.1) is 0 Å². The summed E-state index contributed by atoms with van der Waals surface area (Å²) in [5, 5.41) is 0. The van der Waals surface area contributed by atoms with Gasteiger partial charge < -0.3 is 14.5 Å². The zero-order chi connectivity index (χ0) is 13.0. The molecule has 1 aromatic carbocycles. The van der Waals surface area contributed by atoms with Crippen LogP contribution in [0.25, 0.3) is 0 Å². The molecule has 0 aliphatic carbocycles. The van der Waals surface area contributed by atoms with Gasteiger partial charge in [0.05, 0.1) is 0 Å². The molecular weight excluding hydrogens is 228 g/mol. The molecular formula is C14H20N2O2. The highest BCUT2D eigenvalue weighted by molar-refractivity contribution is 5.67. The highest BCUT2D eigenvalue weighted by Gasteiger charge is 2.27. The third-order valence-corrected chi connectivity index (χ3v) is 3.41. The second-order valence-electron chi connectivity index (χ2n) is 4.86. The minimum absolute atomic E-state index is 0.237. The molecule has 0 spiro atoms. The monoisotopic (exact) mass is 248 g/mol. The number of likely N-dealkylation sites (tertiary alicyclic amines) is 1. The van der Waals surface area contributed by atoms with E-state index in [4.69, 9.17) is 4.74 Å². The standard InChI is InChI=1S/C14H20N2O2/c1-15-9-8-13(10-15)16(2)14(17)18-11-12-6-4-3-5-7-12/h3-7,13H,8-11H2,1-2H3. The van der Waals surface area contributed by atoms with Crippen molar-refractivity contribution in [3.8, 4) is 0 Å². The van der Waals surface area contributed by atoms with E-state index in [1.54, 1.807) is 4.90 Å². The SMILES string of the molecule is CN1CCC(N(C)C(=O)OCc2ccccc2)C1. The van der Waals surface area contributed by atoms with Gasteiger partial charge in [0.1, 0.15) is 6.61 Å². The molecule has 1 aromatic rings. The van der Waals surface area contributed by atoms with Crippen LogP contribution < -0.4 is 0 Å². The highest BCUT2D eigenvalue weighted by atomic mass is 16.6. The highest BCUT2D eigenvalue weighted by Crippen LogP contribution is 2.14. The van der Waals surface area contributed by atoms with Crippen molar-refractivity contribution in [3.05, 3.63) is 35.9 Å². The molecule has 4 nitrogen and oxygen atoms in total. The number of hydrogen-bond donors (Lipinski definition) is 0. The summed E-state index contributed by atoms with van der Waals surface area (Å²) in [5.74, 6) is 0. The number of ether oxygens (including phenoxy) is 1. The first-order valence-electron chi connectivity index (χ1n) is 6.29. The molecule has 1 fully saturated rings. The van der Waals surface area contributed by atoms with Gasteiger partial charge in [0.2, 0.25) is 0 Å². The third-order valence-electron chi connectivity index (χ3n) is 3.41. The molecule has 0 aromatic heterocycles. The number of nitrogens with zero attached hydrogens (tertiary/aromatic N) is 2. The fourth-order valence-corrected chi connectivity index (χ4v) is 2.20. The number of likely N-dealkylation sites (N-methyl/N-ethyl adjacent to an activating group) is 2. The Hall–Kier alpha value is -1.55. The largest absolute Gasteiger partial charge is 0.445 e. The van der Waals surface area contributed by atoms with Gasteiger partial charge in [0.25, 0.3) is 0 Å². The van der Waals surface area contributed by atoms with Crippen LogP contribution >= 0.6 is 0 Å². The molecule has 2 rings (SSSR count). The topological polar surface area (TPSA) is 32.8 Å². The van der Waals surface area contributed by atoms with Crippen LogP contribution in [0.15, 0.2) is 30.3 Å². The first kappa shape index (κ1) is 12.9. The second kappa shape index (κ2) is 5.87. The van der Waals surface area contributed by atoms with E-state index < -0.39 is 0 Å². The van der Waals surface area contributed by atoms with Crippen LogP contribution in [0.2, 0.25) is 0 Å². The van der Waals surface area contributed by atoms with E-state index in [-0.39, 0.29) is 12.1 Å². The van der Waals surface area contributed by atoms with Crippen LogP contribution in [0.5, 0.6) is 0 Å². The Morgan fingerprint density at radius 2 is 2.17 bits per heavy atom. The number of rotatable bonds is 3. The van der Waals surface area contributed by atoms with Gasteiger partial charge in [0.15, 0.2) is 0 Å². The molecule has 0 radical (unpaired) electrons. The van der Waals surface area contributed by atoms with Crippen LogP contribution in [0.3, 0.4) is 0 Å². The van der Waals surface area contributed by atoms with Gasteiger partial charge in [-0.25, -0.2) is 4.79 Å². The van der Waals surface area contributed by atoms with E-state index in [1.807, 2.05) is 37.4 Å². The summed E-state index contributed by atoms with van der Waals surface area (Å²) >= 11 is 0. The fourth-order valence-electron chi connectivity index (χ4n) is 2.20. The van der Waals surface area contributed by atoms with Gasteiger partial charge in [-0.15, -0.1) is 0 Å². The van der Waals surface area contributed by atoms with E-state index in [0.717, 1.165) is 25.1 Å². The Morgan fingerprint density at radius 1 is 1.44 bits per heavy atom. The van der Waals surface area contributed by atoms with Gasteiger partial charge in [-0.3, -0.25) is 0 Å². The molecule has 0 bridgehead atoms. The van der Waals surface area contributed by atoms with Crippen molar-refractivity contribution in [1.29, 1.82) is 0 Å². The normalized spacial score (nSPS) is 19.8. The molecule has 1 aliphatic heterocycles. The zero-order valence-corrected chi connectivity index (χ0v) is 11.0. The van der Waals surface area contributed by atoms with Gasteiger partial charge >= 0.3 is 6.09 Å². The Balaban J connectivity index is 1.81. The minimum Gasteiger partial charge on any atom is -0.445 e. The van der Waals surface area contributed by atoms with E-state index >= 15 is 0 Å². The Bertz CT molecular complexity index is 394. The van der Waals surface area contributed by atoms with E-state index in [9.17, 15) is 4.79 Å². The summed E-state index contributed by atoms with van der Waals surface area (Å²) in [7, 11) is 3.89. The number of benzene rings is 1. The molecule has 0 N–H and O–H groups in total. The lowest BCUT2D eigenvalue weighted by Gasteiger charge is -2.23. The van der Waals surface area contributed by atoms with Crippen molar-refractivity contribution in [2.24, 2.45) is 0 Å². The summed E-state index contributed by atoms with van der Waals surface area (Å²) < 4.78 is 5.31. The van der Waals surface area contributed by atoms with E-state index in [2.05, 4.69) is 11.9 Å². The summed E-state index contributed by atoms with van der Waals surface area (Å²) in [6, 6.07) is 10.0. The van der Waals surface area contributed by atoms with E-state index in [0.29, 0.717) is 6.61 Å². The molecule has 98 valence electrons. The molecule has 1 unspecified atom stereocenters. The second-order valence-corrected chi connectivity index (χ2v) is 4.86. The van der Waals surface area contributed by atoms with E-state index in [1.165, 1.54) is 0 Å². The maximum absolute atomic E-state index is 11.9. The molecule has 4 heteroatoms. The van der Waals surface area contributed by atoms with Crippen molar-refractivity contribution < 1.29 is 9.53 Å². The maximum Gasteiger partial charge on any atom is 0.410 e. The van der Waals surface area contributed by atoms with Crippen molar-refractivity contribution >= 4 is 6.09 Å². The number of carbonyl (C=O) groups excluding carboxylic acids is 1. The molecule has 1 aliphatic rings. The Kier molecular flexibility index (Phi) is 4.20. The first-order valence-corrected chi connectivity index (χ1v) is 6.29. The predicted molar refractivity (Wildman–Crippen MR) is 70.3 cm³/mol. The molecule has 1 saturated heterocycles. The quantitative estimate of drug-likeness (QED) is 0.819. The third kappa shape index (κ3) is 3.23. The number of hydrogen-bond acceptors (Lipinski definition) is 3. The minimum atomic E-state index is -0.237. The number of carbonyl (C=O) groups is 1. The van der Waals surface area contributed by atoms with Gasteiger partial charge in [0, 0.05) is 19.6 Å². The Morgan fingerprint density at radius 3 is 2.78 bits per heavy atom. The molecule has 1 atom stereocenters. The van der Waals surface area contributed by atoms with Crippen molar-refractivity contribution in [1.82, 2.24) is 9.80 Å². The first-order chi connectivity index (χ1) is 8.66. The zero-order valence-electron chi connectivity index (χ0n) is 11.0. The predicted octanol–water partition coefficient (Wildman–Crippen LogP) is 1.96. The molecule has 0 saturated carbocycles. The maximum atomic E-state index is 11.9. The lowest BCUT2D eigenvalue weighted by molar-refractivity contribution is 0.0922. The average Bonchev–Trinajstić information content (AvgIpc) is 2.83. The summed E-state index contributed by atoms with van der Waals surface area (Å²) in [4.78, 5) is 15.8. The summed E-state index contributed by atoms with van der Waals surface area (Å²) in [6.07, 6.45) is 0.784. The van der Waals surface area contributed by atoms with Crippen LogP contribution in [-0.2, 0) is 11.3 Å². The lowest BCUT2D eigenvalue weighted by atomic mass is 10.2. The molecule has 1 heterocycles. The Labute approximate surface area is 108 Å². The van der Waals surface area contributed by atoms with Crippen molar-refractivity contribution in [2.75, 3.05) is 27.2 Å². The van der Waals surface area contributed by atoms with Crippen molar-refractivity contribution in [2.45, 2.75) is 19.1 Å². The van der Waals surface area contributed by atoms with Gasteiger partial charge in [-0.05, 0) is 25.6 Å². The van der Waals surface area contributed by atoms with Gasteiger partial charge in [-0.1, -0.05) is 30.3 Å². The average molecular weight is 248 g/mol.